The highest BCUT2D eigenvalue weighted by Gasteiger charge is 2.39. The fraction of sp³-hybridized carbons (Fsp3) is 0.458. The number of benzene rings is 3. The van der Waals surface area contributed by atoms with Crippen LogP contribution in [0.25, 0.3) is 0 Å². The Morgan fingerprint density at radius 3 is 2.32 bits per heavy atom. The first-order chi connectivity index (χ1) is 30.3. The molecule has 1 aromatic heterocycles. The average molecular weight is 839 g/mol. The number of carbonyl (C=O) groups excluding carboxylic acids is 3. The number of nitrogens with zero attached hydrogens (tertiary/aromatic N) is 6. The minimum Gasteiger partial charge on any atom is -0.457 e. The Balaban J connectivity index is 0.677. The molecule has 0 aliphatic carbocycles. The molecule has 14 nitrogen and oxygen atoms in total. The van der Waals surface area contributed by atoms with E-state index < -0.39 is 6.04 Å². The smallest absolute Gasteiger partial charge is 0.255 e. The number of likely N-dealkylation sites (tertiary alicyclic amines) is 2. The van der Waals surface area contributed by atoms with Crippen LogP contribution in [0.3, 0.4) is 0 Å². The van der Waals surface area contributed by atoms with Crippen LogP contribution in [0.4, 0.5) is 17.3 Å². The SMILES string of the molecule is N=C(c1ccc(Oc2ccccc2)cc1)c1c(N)ncnc1NC1CCN(C2CCN(CCCC3CCN(c4ccc5c(c4)CN(C4CCC(=O)NC4=O)C5=O)CC3)CC2)CC1. The van der Waals surface area contributed by atoms with Gasteiger partial charge in [-0.25, -0.2) is 9.97 Å². The molecule has 1 unspecified atom stereocenters. The molecule has 4 aromatic rings. The molecule has 5 aliphatic rings. The van der Waals surface area contributed by atoms with E-state index in [-0.39, 0.29) is 35.9 Å². The molecule has 0 saturated carbocycles. The average Bonchev–Trinajstić information content (AvgIpc) is 3.62. The highest BCUT2D eigenvalue weighted by molar-refractivity contribution is 6.16. The molecule has 5 aliphatic heterocycles. The van der Waals surface area contributed by atoms with Gasteiger partial charge in [-0.15, -0.1) is 0 Å². The third-order valence-corrected chi connectivity index (χ3v) is 13.8. The fourth-order valence-electron chi connectivity index (χ4n) is 10.2. The molecule has 3 amide bonds. The summed E-state index contributed by atoms with van der Waals surface area (Å²) in [5, 5.41) is 15.1. The Morgan fingerprint density at radius 2 is 1.58 bits per heavy atom. The van der Waals surface area contributed by atoms with E-state index in [2.05, 4.69) is 47.4 Å². The third-order valence-electron chi connectivity index (χ3n) is 13.8. The molecule has 6 heterocycles. The lowest BCUT2D eigenvalue weighted by Gasteiger charge is -2.42. The number of piperidine rings is 4. The number of hydrogen-bond acceptors (Lipinski definition) is 12. The lowest BCUT2D eigenvalue weighted by atomic mass is 9.91. The van der Waals surface area contributed by atoms with Gasteiger partial charge in [-0.05, 0) is 144 Å². The Morgan fingerprint density at radius 1 is 0.839 bits per heavy atom. The van der Waals surface area contributed by atoms with Crippen LogP contribution in [0.1, 0.15) is 91.3 Å². The minimum atomic E-state index is -0.583. The monoisotopic (exact) mass is 838 g/mol. The van der Waals surface area contributed by atoms with Crippen molar-refractivity contribution in [1.29, 1.82) is 5.41 Å². The number of aromatic nitrogens is 2. The molecule has 14 heteroatoms. The fourth-order valence-corrected chi connectivity index (χ4v) is 10.2. The summed E-state index contributed by atoms with van der Waals surface area (Å²) in [5.74, 6) is 2.35. The largest absolute Gasteiger partial charge is 0.457 e. The number of rotatable bonds is 13. The highest BCUT2D eigenvalue weighted by Crippen LogP contribution is 2.34. The zero-order valence-corrected chi connectivity index (χ0v) is 35.4. The van der Waals surface area contributed by atoms with Crippen LogP contribution in [0.5, 0.6) is 11.5 Å². The molecule has 3 aromatic carbocycles. The number of nitrogens with one attached hydrogen (secondary N) is 3. The zero-order valence-electron chi connectivity index (χ0n) is 35.4. The van der Waals surface area contributed by atoms with E-state index in [0.717, 1.165) is 75.0 Å². The maximum atomic E-state index is 13.1. The molecular formula is C48H58N10O4. The van der Waals surface area contributed by atoms with Crippen molar-refractivity contribution in [3.8, 4) is 11.5 Å². The molecule has 0 radical (unpaired) electrons. The van der Waals surface area contributed by atoms with E-state index in [1.54, 1.807) is 4.90 Å². The lowest BCUT2D eigenvalue weighted by Crippen LogP contribution is -2.52. The molecular weight excluding hydrogens is 781 g/mol. The summed E-state index contributed by atoms with van der Waals surface area (Å²) in [6.07, 6.45) is 11.4. The number of amides is 3. The van der Waals surface area contributed by atoms with Crippen molar-refractivity contribution < 1.29 is 19.1 Å². The van der Waals surface area contributed by atoms with Crippen molar-refractivity contribution in [1.82, 2.24) is 30.0 Å². The first-order valence-electron chi connectivity index (χ1n) is 22.5. The lowest BCUT2D eigenvalue weighted by molar-refractivity contribution is -0.136. The van der Waals surface area contributed by atoms with Gasteiger partial charge in [0.15, 0.2) is 0 Å². The summed E-state index contributed by atoms with van der Waals surface area (Å²) < 4.78 is 5.94. The van der Waals surface area contributed by atoms with E-state index in [9.17, 15) is 14.4 Å². The number of carbonyl (C=O) groups is 3. The maximum Gasteiger partial charge on any atom is 0.255 e. The van der Waals surface area contributed by atoms with Crippen molar-refractivity contribution in [2.75, 3.05) is 61.8 Å². The summed E-state index contributed by atoms with van der Waals surface area (Å²) in [7, 11) is 0. The Bertz CT molecular complexity index is 2250. The molecule has 0 spiro atoms. The van der Waals surface area contributed by atoms with Gasteiger partial charge in [-0.1, -0.05) is 18.2 Å². The minimum absolute atomic E-state index is 0.118. The summed E-state index contributed by atoms with van der Waals surface area (Å²) in [6.45, 7) is 8.03. The number of anilines is 3. The quantitative estimate of drug-likeness (QED) is 0.0911. The Hall–Kier alpha value is -5.86. The van der Waals surface area contributed by atoms with Gasteiger partial charge in [0.05, 0.1) is 11.3 Å². The van der Waals surface area contributed by atoms with E-state index in [0.29, 0.717) is 53.1 Å². The third kappa shape index (κ3) is 9.31. The molecule has 9 rings (SSSR count). The van der Waals surface area contributed by atoms with Gasteiger partial charge < -0.3 is 35.4 Å². The van der Waals surface area contributed by atoms with Crippen LogP contribution < -0.4 is 26.0 Å². The van der Waals surface area contributed by atoms with Gasteiger partial charge in [-0.2, -0.15) is 0 Å². The summed E-state index contributed by atoms with van der Waals surface area (Å²) >= 11 is 0. The number of nitrogens with two attached hydrogens (primary N) is 1. The predicted molar refractivity (Wildman–Crippen MR) is 240 cm³/mol. The zero-order chi connectivity index (χ0) is 42.6. The highest BCUT2D eigenvalue weighted by atomic mass is 16.5. The van der Waals surface area contributed by atoms with Gasteiger partial charge >= 0.3 is 0 Å². The Labute approximate surface area is 363 Å². The molecule has 1 atom stereocenters. The van der Waals surface area contributed by atoms with Crippen molar-refractivity contribution in [3.05, 3.63) is 101 Å². The van der Waals surface area contributed by atoms with E-state index in [1.165, 1.54) is 51.4 Å². The normalized spacial score (nSPS) is 20.9. The number of para-hydroxylation sites is 1. The second-order valence-electron chi connectivity index (χ2n) is 17.6. The number of imide groups is 1. The van der Waals surface area contributed by atoms with Gasteiger partial charge in [0.1, 0.15) is 35.5 Å². The van der Waals surface area contributed by atoms with Crippen LogP contribution >= 0.6 is 0 Å². The summed E-state index contributed by atoms with van der Waals surface area (Å²) in [6, 6.07) is 23.5. The predicted octanol–water partition coefficient (Wildman–Crippen LogP) is 6.07. The number of fused-ring (bicyclic) bond motifs is 1. The van der Waals surface area contributed by atoms with Crippen LogP contribution in [0.15, 0.2) is 79.1 Å². The molecule has 5 N–H and O–H groups in total. The van der Waals surface area contributed by atoms with Crippen molar-refractivity contribution >= 4 is 40.8 Å². The first kappa shape index (κ1) is 41.5. The molecule has 62 heavy (non-hydrogen) atoms. The Kier molecular flexibility index (Phi) is 12.5. The molecule has 0 bridgehead atoms. The van der Waals surface area contributed by atoms with E-state index in [1.807, 2.05) is 60.7 Å². The summed E-state index contributed by atoms with van der Waals surface area (Å²) in [4.78, 5) is 55.5. The second-order valence-corrected chi connectivity index (χ2v) is 17.6. The van der Waals surface area contributed by atoms with Crippen LogP contribution in [-0.4, -0.2) is 112 Å². The van der Waals surface area contributed by atoms with Gasteiger partial charge in [0.2, 0.25) is 11.8 Å². The topological polar surface area (TPSA) is 173 Å². The van der Waals surface area contributed by atoms with Crippen molar-refractivity contribution in [2.24, 2.45) is 5.92 Å². The second kappa shape index (κ2) is 18.6. The van der Waals surface area contributed by atoms with Crippen LogP contribution in [0.2, 0.25) is 0 Å². The molecule has 4 fully saturated rings. The van der Waals surface area contributed by atoms with Crippen LogP contribution in [-0.2, 0) is 16.1 Å². The maximum absolute atomic E-state index is 13.1. The van der Waals surface area contributed by atoms with Crippen LogP contribution in [0, 0.1) is 11.3 Å². The van der Waals surface area contributed by atoms with Crippen molar-refractivity contribution in [2.45, 2.75) is 88.9 Å². The first-order valence-corrected chi connectivity index (χ1v) is 22.5. The standard InChI is InChI=1S/C48H58N10O4/c49-44(33-8-11-39(12-9-33)62-38-6-2-1-3-7-38)43-45(50)51-31-52-46(43)53-35-18-27-56(28-19-35)36-20-23-55(24-21-36)22-4-5-32-16-25-57(26-17-32)37-10-13-40-34(29-37)30-58(48(40)61)41-14-15-42(59)54-47(41)60/h1-3,6-13,29,31-32,35-36,41,49H,4-5,14-28,30H2,(H,54,59,60)(H3,50,51,52,53). The molecule has 4 saturated heterocycles. The van der Waals surface area contributed by atoms with E-state index >= 15 is 0 Å². The van der Waals surface area contributed by atoms with Gasteiger partial charge in [0, 0.05) is 68.0 Å². The van der Waals surface area contributed by atoms with Gasteiger partial charge in [-0.3, -0.25) is 25.1 Å². The number of hydrogen-bond donors (Lipinski definition) is 4. The van der Waals surface area contributed by atoms with Crippen molar-refractivity contribution in [3.63, 3.8) is 0 Å². The summed E-state index contributed by atoms with van der Waals surface area (Å²) in [5.41, 5.74) is 10.7. The van der Waals surface area contributed by atoms with Gasteiger partial charge in [0.25, 0.3) is 5.91 Å². The molecule has 324 valence electrons. The number of nitrogen functional groups attached to an aromatic ring is 1. The van der Waals surface area contributed by atoms with E-state index in [4.69, 9.17) is 15.9 Å². The number of ether oxygens (including phenoxy) is 1.